The van der Waals surface area contributed by atoms with Crippen LogP contribution in [-0.2, 0) is 0 Å². The SMILES string of the molecule is CC(C)[C@H]1CC[C@H]1C1CC1. The molecule has 0 aromatic heterocycles. The molecule has 0 heteroatoms. The van der Waals surface area contributed by atoms with Crippen LogP contribution >= 0.6 is 0 Å². The number of hydrogen-bond donors (Lipinski definition) is 0. The van der Waals surface area contributed by atoms with Crippen LogP contribution in [0, 0.1) is 23.7 Å². The molecule has 10 heavy (non-hydrogen) atoms. The number of hydrogen-bond acceptors (Lipinski definition) is 0. The standard InChI is InChI=1S/C10H18/c1-7(2)9-5-6-10(9)8-3-4-8/h7-10H,3-6H2,1-2H3/t9-,10+/m1/s1. The van der Waals surface area contributed by atoms with Crippen molar-refractivity contribution in [1.82, 2.24) is 0 Å². The molecular weight excluding hydrogens is 120 g/mol. The van der Waals surface area contributed by atoms with Crippen molar-refractivity contribution in [3.63, 3.8) is 0 Å². The summed E-state index contributed by atoms with van der Waals surface area (Å²) in [5, 5.41) is 0. The van der Waals surface area contributed by atoms with E-state index in [9.17, 15) is 0 Å². The zero-order valence-electron chi connectivity index (χ0n) is 7.14. The minimum atomic E-state index is 0.958. The summed E-state index contributed by atoms with van der Waals surface area (Å²) < 4.78 is 0. The van der Waals surface area contributed by atoms with Gasteiger partial charge in [0, 0.05) is 0 Å². The normalized spacial score (nSPS) is 39.9. The van der Waals surface area contributed by atoms with Gasteiger partial charge in [0.25, 0.3) is 0 Å². The molecule has 2 aliphatic rings. The van der Waals surface area contributed by atoms with Crippen LogP contribution in [0.3, 0.4) is 0 Å². The first-order chi connectivity index (χ1) is 4.79. The highest BCUT2D eigenvalue weighted by molar-refractivity contribution is 4.92. The average molecular weight is 138 g/mol. The molecular formula is C10H18. The van der Waals surface area contributed by atoms with Crippen molar-refractivity contribution >= 4 is 0 Å². The molecule has 0 aliphatic heterocycles. The smallest absolute Gasteiger partial charge is 0.0355 e. The molecule has 0 radical (unpaired) electrons. The van der Waals surface area contributed by atoms with Crippen LogP contribution in [0.1, 0.15) is 39.5 Å². The quantitative estimate of drug-likeness (QED) is 0.550. The molecule has 2 saturated carbocycles. The van der Waals surface area contributed by atoms with Crippen molar-refractivity contribution in [2.45, 2.75) is 39.5 Å². The summed E-state index contributed by atoms with van der Waals surface area (Å²) >= 11 is 0. The Bertz CT molecular complexity index is 114. The maximum atomic E-state index is 2.39. The fourth-order valence-electron chi connectivity index (χ4n) is 2.49. The predicted octanol–water partition coefficient (Wildman–Crippen LogP) is 3.08. The zero-order chi connectivity index (χ0) is 7.14. The summed E-state index contributed by atoms with van der Waals surface area (Å²) in [4.78, 5) is 0. The molecule has 0 unspecified atom stereocenters. The zero-order valence-corrected chi connectivity index (χ0v) is 7.14. The van der Waals surface area contributed by atoms with E-state index in [0.29, 0.717) is 0 Å². The predicted molar refractivity (Wildman–Crippen MR) is 43.8 cm³/mol. The molecule has 0 N–H and O–H groups in total. The van der Waals surface area contributed by atoms with Crippen LogP contribution in [-0.4, -0.2) is 0 Å². The molecule has 0 amide bonds. The Kier molecular flexibility index (Phi) is 1.51. The summed E-state index contributed by atoms with van der Waals surface area (Å²) in [6.07, 6.45) is 6.17. The van der Waals surface area contributed by atoms with E-state index in [2.05, 4.69) is 13.8 Å². The van der Waals surface area contributed by atoms with Crippen molar-refractivity contribution in [2.75, 3.05) is 0 Å². The van der Waals surface area contributed by atoms with Crippen LogP contribution in [0.25, 0.3) is 0 Å². The van der Waals surface area contributed by atoms with E-state index >= 15 is 0 Å². The third-order valence-corrected chi connectivity index (χ3v) is 3.47. The second kappa shape index (κ2) is 2.25. The fraction of sp³-hybridized carbons (Fsp3) is 1.00. The molecule has 0 saturated heterocycles. The summed E-state index contributed by atoms with van der Waals surface area (Å²) in [7, 11) is 0. The van der Waals surface area contributed by atoms with E-state index in [4.69, 9.17) is 0 Å². The van der Waals surface area contributed by atoms with Crippen molar-refractivity contribution in [1.29, 1.82) is 0 Å². The van der Waals surface area contributed by atoms with Crippen molar-refractivity contribution in [3.8, 4) is 0 Å². The third kappa shape index (κ3) is 0.980. The first-order valence-electron chi connectivity index (χ1n) is 4.79. The molecule has 2 fully saturated rings. The van der Waals surface area contributed by atoms with Gasteiger partial charge >= 0.3 is 0 Å². The second-order valence-electron chi connectivity index (χ2n) is 4.49. The van der Waals surface area contributed by atoms with Gasteiger partial charge in [-0.25, -0.2) is 0 Å². The highest BCUT2D eigenvalue weighted by Crippen LogP contribution is 2.52. The van der Waals surface area contributed by atoms with Gasteiger partial charge in [0.2, 0.25) is 0 Å². The largest absolute Gasteiger partial charge is 0.0625 e. The van der Waals surface area contributed by atoms with Crippen LogP contribution < -0.4 is 0 Å². The lowest BCUT2D eigenvalue weighted by Gasteiger charge is -2.40. The molecule has 58 valence electrons. The molecule has 0 spiro atoms. The molecule has 0 nitrogen and oxygen atoms in total. The molecule has 0 heterocycles. The fourth-order valence-corrected chi connectivity index (χ4v) is 2.49. The highest BCUT2D eigenvalue weighted by atomic mass is 14.5. The van der Waals surface area contributed by atoms with Crippen LogP contribution in [0.2, 0.25) is 0 Å². The highest BCUT2D eigenvalue weighted by Gasteiger charge is 2.42. The molecule has 2 aliphatic carbocycles. The van der Waals surface area contributed by atoms with Gasteiger partial charge in [-0.05, 0) is 49.4 Å². The van der Waals surface area contributed by atoms with Crippen molar-refractivity contribution in [3.05, 3.63) is 0 Å². The topological polar surface area (TPSA) is 0 Å². The maximum absolute atomic E-state index is 2.39. The Hall–Kier alpha value is 0. The van der Waals surface area contributed by atoms with E-state index in [-0.39, 0.29) is 0 Å². The van der Waals surface area contributed by atoms with Gasteiger partial charge in [-0.2, -0.15) is 0 Å². The summed E-state index contributed by atoms with van der Waals surface area (Å²) in [5.41, 5.74) is 0. The summed E-state index contributed by atoms with van der Waals surface area (Å²) in [6.45, 7) is 4.78. The van der Waals surface area contributed by atoms with Crippen molar-refractivity contribution in [2.24, 2.45) is 23.7 Å². The molecule has 2 rings (SSSR count). The van der Waals surface area contributed by atoms with Gasteiger partial charge in [0.15, 0.2) is 0 Å². The third-order valence-electron chi connectivity index (χ3n) is 3.47. The Morgan fingerprint density at radius 3 is 2.00 bits per heavy atom. The number of rotatable bonds is 2. The van der Waals surface area contributed by atoms with E-state index in [1.54, 1.807) is 19.3 Å². The van der Waals surface area contributed by atoms with Gasteiger partial charge < -0.3 is 0 Å². The molecule has 0 aromatic carbocycles. The van der Waals surface area contributed by atoms with Crippen LogP contribution in [0.15, 0.2) is 0 Å². The van der Waals surface area contributed by atoms with E-state index < -0.39 is 0 Å². The monoisotopic (exact) mass is 138 g/mol. The first-order valence-corrected chi connectivity index (χ1v) is 4.79. The van der Waals surface area contributed by atoms with E-state index in [1.807, 2.05) is 0 Å². The summed E-state index contributed by atoms with van der Waals surface area (Å²) in [5.74, 6) is 4.38. The Morgan fingerprint density at radius 1 is 1.00 bits per heavy atom. The van der Waals surface area contributed by atoms with Gasteiger partial charge in [-0.3, -0.25) is 0 Å². The lowest BCUT2D eigenvalue weighted by Crippen LogP contribution is -2.31. The van der Waals surface area contributed by atoms with Gasteiger partial charge in [0.05, 0.1) is 0 Å². The first kappa shape index (κ1) is 6.69. The van der Waals surface area contributed by atoms with Gasteiger partial charge in [-0.15, -0.1) is 0 Å². The minimum Gasteiger partial charge on any atom is -0.0625 e. The molecule has 0 aromatic rings. The van der Waals surface area contributed by atoms with Crippen molar-refractivity contribution < 1.29 is 0 Å². The van der Waals surface area contributed by atoms with Gasteiger partial charge in [-0.1, -0.05) is 13.8 Å². The maximum Gasteiger partial charge on any atom is -0.0355 e. The van der Waals surface area contributed by atoms with Crippen LogP contribution in [0.5, 0.6) is 0 Å². The molecule has 2 atom stereocenters. The molecule has 0 bridgehead atoms. The van der Waals surface area contributed by atoms with Crippen LogP contribution in [0.4, 0.5) is 0 Å². The lowest BCUT2D eigenvalue weighted by atomic mass is 9.66. The second-order valence-corrected chi connectivity index (χ2v) is 4.49. The lowest BCUT2D eigenvalue weighted by molar-refractivity contribution is 0.101. The van der Waals surface area contributed by atoms with E-state index in [1.165, 1.54) is 12.3 Å². The minimum absolute atomic E-state index is 0.958. The van der Waals surface area contributed by atoms with E-state index in [0.717, 1.165) is 17.8 Å². The Morgan fingerprint density at radius 2 is 1.70 bits per heavy atom. The summed E-state index contributed by atoms with van der Waals surface area (Å²) in [6, 6.07) is 0. The Labute approximate surface area is 64.0 Å². The Balaban J connectivity index is 1.86. The van der Waals surface area contributed by atoms with Gasteiger partial charge in [0.1, 0.15) is 0 Å². The average Bonchev–Trinajstić information content (AvgIpc) is 2.43.